The number of methoxy groups -OCH3 is 2. The van der Waals surface area contributed by atoms with Gasteiger partial charge in [0, 0.05) is 24.8 Å². The number of ether oxygens (including phenoxy) is 2. The van der Waals surface area contributed by atoms with Gasteiger partial charge in [-0.25, -0.2) is 16.8 Å². The SMILES string of the molecule is COc1ccc(OC)c(NS(=O)(=O)c2ccc(NC(=O)[C@H]3CCCN(S(=O)(=O)c4cccs4)C3)cc2)c1. The summed E-state index contributed by atoms with van der Waals surface area (Å²) in [6, 6.07) is 13.7. The highest BCUT2D eigenvalue weighted by Crippen LogP contribution is 2.31. The van der Waals surface area contributed by atoms with Crippen molar-refractivity contribution in [3.05, 3.63) is 60.0 Å². The van der Waals surface area contributed by atoms with Crippen molar-refractivity contribution in [3.63, 3.8) is 0 Å². The number of piperidine rings is 1. The van der Waals surface area contributed by atoms with E-state index >= 15 is 0 Å². The number of nitrogens with one attached hydrogen (secondary N) is 2. The predicted molar refractivity (Wildman–Crippen MR) is 141 cm³/mol. The van der Waals surface area contributed by atoms with Crippen molar-refractivity contribution in [2.75, 3.05) is 37.3 Å². The molecule has 1 fully saturated rings. The lowest BCUT2D eigenvalue weighted by Gasteiger charge is -2.30. The molecule has 198 valence electrons. The van der Waals surface area contributed by atoms with E-state index in [1.807, 2.05) is 0 Å². The molecular weight excluding hydrogens is 538 g/mol. The van der Waals surface area contributed by atoms with E-state index in [9.17, 15) is 21.6 Å². The van der Waals surface area contributed by atoms with Gasteiger partial charge in [-0.2, -0.15) is 4.31 Å². The molecule has 4 rings (SSSR count). The zero-order valence-electron chi connectivity index (χ0n) is 20.2. The van der Waals surface area contributed by atoms with Crippen LogP contribution in [-0.4, -0.2) is 54.4 Å². The number of anilines is 2. The van der Waals surface area contributed by atoms with Crippen molar-refractivity contribution in [1.29, 1.82) is 0 Å². The van der Waals surface area contributed by atoms with E-state index in [1.165, 1.54) is 48.9 Å². The van der Waals surface area contributed by atoms with Crippen LogP contribution in [0.1, 0.15) is 12.8 Å². The number of thiophene rings is 1. The normalized spacial score (nSPS) is 16.6. The van der Waals surface area contributed by atoms with Crippen LogP contribution in [0.3, 0.4) is 0 Å². The number of hydrogen-bond acceptors (Lipinski definition) is 8. The van der Waals surface area contributed by atoms with Gasteiger partial charge < -0.3 is 14.8 Å². The first-order chi connectivity index (χ1) is 17.6. The minimum Gasteiger partial charge on any atom is -0.497 e. The van der Waals surface area contributed by atoms with E-state index < -0.39 is 26.0 Å². The second-order valence-electron chi connectivity index (χ2n) is 8.32. The molecule has 2 N–H and O–H groups in total. The minimum absolute atomic E-state index is 0.0127. The standard InChI is InChI=1S/C24H27N3O7S3/c1-33-19-9-12-22(34-2)21(15-19)26-36(29,30)20-10-7-18(8-11-20)25-24(28)17-5-3-13-27(16-17)37(31,32)23-6-4-14-35-23/h4,6-12,14-15,17,26H,3,5,13,16H2,1-2H3,(H,25,28)/t17-/m0/s1. The van der Waals surface area contributed by atoms with Crippen molar-refractivity contribution in [3.8, 4) is 11.5 Å². The number of carbonyl (C=O) groups excluding carboxylic acids is 1. The van der Waals surface area contributed by atoms with E-state index in [0.29, 0.717) is 36.6 Å². The number of rotatable bonds is 9. The molecule has 2 aromatic carbocycles. The molecule has 1 amide bonds. The van der Waals surface area contributed by atoms with Gasteiger partial charge in [-0.3, -0.25) is 9.52 Å². The molecule has 0 bridgehead atoms. The maximum absolute atomic E-state index is 12.9. The summed E-state index contributed by atoms with van der Waals surface area (Å²) in [5.41, 5.74) is 0.625. The van der Waals surface area contributed by atoms with Gasteiger partial charge in [-0.05, 0) is 60.7 Å². The molecule has 0 saturated carbocycles. The molecule has 37 heavy (non-hydrogen) atoms. The first-order valence-corrected chi connectivity index (χ1v) is 15.1. The van der Waals surface area contributed by atoms with Crippen LogP contribution in [0.2, 0.25) is 0 Å². The quantitative estimate of drug-likeness (QED) is 0.405. The summed E-state index contributed by atoms with van der Waals surface area (Å²) in [5, 5.41) is 4.47. The van der Waals surface area contributed by atoms with Gasteiger partial charge in [0.1, 0.15) is 15.7 Å². The number of amides is 1. The number of benzene rings is 2. The second-order valence-corrected chi connectivity index (χ2v) is 13.1. The van der Waals surface area contributed by atoms with Crippen LogP contribution in [-0.2, 0) is 24.8 Å². The van der Waals surface area contributed by atoms with Crippen LogP contribution in [0.15, 0.2) is 69.1 Å². The van der Waals surface area contributed by atoms with Gasteiger partial charge in [0.2, 0.25) is 5.91 Å². The Morgan fingerprint density at radius 1 is 1.03 bits per heavy atom. The molecule has 3 aromatic rings. The largest absolute Gasteiger partial charge is 0.497 e. The molecule has 10 nitrogen and oxygen atoms in total. The lowest BCUT2D eigenvalue weighted by molar-refractivity contribution is -0.120. The Morgan fingerprint density at radius 2 is 1.78 bits per heavy atom. The van der Waals surface area contributed by atoms with Gasteiger partial charge in [0.15, 0.2) is 0 Å². The average Bonchev–Trinajstić information content (AvgIpc) is 3.45. The average molecular weight is 566 g/mol. The molecule has 13 heteroatoms. The van der Waals surface area contributed by atoms with Crippen molar-refractivity contribution in [2.24, 2.45) is 5.92 Å². The molecule has 0 unspecified atom stereocenters. The Balaban J connectivity index is 1.43. The number of hydrogen-bond donors (Lipinski definition) is 2. The summed E-state index contributed by atoms with van der Waals surface area (Å²) in [4.78, 5) is 12.9. The van der Waals surface area contributed by atoms with E-state index in [2.05, 4.69) is 10.0 Å². The Hall–Kier alpha value is -3.13. The Bertz CT molecular complexity index is 1460. The third-order valence-electron chi connectivity index (χ3n) is 5.93. The molecule has 1 aliphatic rings. The third kappa shape index (κ3) is 6.06. The van der Waals surface area contributed by atoms with Gasteiger partial charge in [-0.1, -0.05) is 6.07 Å². The maximum atomic E-state index is 12.9. The van der Waals surface area contributed by atoms with Crippen molar-refractivity contribution in [1.82, 2.24) is 4.31 Å². The highest BCUT2D eigenvalue weighted by molar-refractivity contribution is 7.92. The molecule has 2 heterocycles. The molecule has 0 aliphatic carbocycles. The monoisotopic (exact) mass is 565 g/mol. The third-order valence-corrected chi connectivity index (χ3v) is 10.5. The van der Waals surface area contributed by atoms with Crippen LogP contribution >= 0.6 is 11.3 Å². The molecule has 1 saturated heterocycles. The summed E-state index contributed by atoms with van der Waals surface area (Å²) in [6.07, 6.45) is 1.13. The summed E-state index contributed by atoms with van der Waals surface area (Å²) < 4.78 is 66.0. The van der Waals surface area contributed by atoms with Crippen molar-refractivity contribution in [2.45, 2.75) is 21.9 Å². The first-order valence-electron chi connectivity index (χ1n) is 11.3. The van der Waals surface area contributed by atoms with Crippen LogP contribution in [0.5, 0.6) is 11.5 Å². The Labute approximate surface area is 220 Å². The number of sulfonamides is 2. The van der Waals surface area contributed by atoms with Gasteiger partial charge in [0.05, 0.1) is 30.7 Å². The fourth-order valence-corrected chi connectivity index (χ4v) is 7.70. The number of nitrogens with zero attached hydrogens (tertiary/aromatic N) is 1. The molecule has 0 radical (unpaired) electrons. The smallest absolute Gasteiger partial charge is 0.262 e. The van der Waals surface area contributed by atoms with Crippen molar-refractivity contribution < 1.29 is 31.1 Å². The maximum Gasteiger partial charge on any atom is 0.262 e. The van der Waals surface area contributed by atoms with E-state index in [1.54, 1.807) is 29.6 Å². The second kappa shape index (κ2) is 11.1. The molecule has 1 atom stereocenters. The first kappa shape index (κ1) is 26.9. The van der Waals surface area contributed by atoms with Gasteiger partial charge >= 0.3 is 0 Å². The van der Waals surface area contributed by atoms with Gasteiger partial charge in [0.25, 0.3) is 20.0 Å². The van der Waals surface area contributed by atoms with Gasteiger partial charge in [-0.15, -0.1) is 11.3 Å². The topological polar surface area (TPSA) is 131 Å². The van der Waals surface area contributed by atoms with E-state index in [4.69, 9.17) is 9.47 Å². The summed E-state index contributed by atoms with van der Waals surface area (Å²) in [7, 11) is -4.68. The fourth-order valence-electron chi connectivity index (χ4n) is 3.97. The fraction of sp³-hybridized carbons (Fsp3) is 0.292. The van der Waals surface area contributed by atoms with Crippen LogP contribution in [0.4, 0.5) is 11.4 Å². The van der Waals surface area contributed by atoms with E-state index in [0.717, 1.165) is 11.3 Å². The van der Waals surface area contributed by atoms with Crippen LogP contribution in [0, 0.1) is 5.92 Å². The molecule has 1 aromatic heterocycles. The molecule has 0 spiro atoms. The van der Waals surface area contributed by atoms with Crippen LogP contribution < -0.4 is 19.5 Å². The highest BCUT2D eigenvalue weighted by Gasteiger charge is 2.33. The molecular formula is C24H27N3O7S3. The Morgan fingerprint density at radius 3 is 2.43 bits per heavy atom. The van der Waals surface area contributed by atoms with E-state index in [-0.39, 0.29) is 27.2 Å². The summed E-state index contributed by atoms with van der Waals surface area (Å²) in [5.74, 6) is -0.0491. The Kier molecular flexibility index (Phi) is 8.07. The zero-order valence-corrected chi connectivity index (χ0v) is 22.7. The summed E-state index contributed by atoms with van der Waals surface area (Å²) >= 11 is 1.15. The zero-order chi connectivity index (χ0) is 26.6. The summed E-state index contributed by atoms with van der Waals surface area (Å²) in [6.45, 7) is 0.451. The lowest BCUT2D eigenvalue weighted by atomic mass is 9.99. The van der Waals surface area contributed by atoms with Crippen molar-refractivity contribution >= 4 is 48.7 Å². The number of carbonyl (C=O) groups is 1. The minimum atomic E-state index is -3.95. The predicted octanol–water partition coefficient (Wildman–Crippen LogP) is 3.61. The highest BCUT2D eigenvalue weighted by atomic mass is 32.2. The molecule has 1 aliphatic heterocycles. The van der Waals surface area contributed by atoms with Crippen LogP contribution in [0.25, 0.3) is 0 Å². The lowest BCUT2D eigenvalue weighted by Crippen LogP contribution is -2.43.